The van der Waals surface area contributed by atoms with Crippen LogP contribution in [0.3, 0.4) is 0 Å². The van der Waals surface area contributed by atoms with Crippen molar-refractivity contribution >= 4 is 27.5 Å². The summed E-state index contributed by atoms with van der Waals surface area (Å²) in [6.07, 6.45) is 8.79. The van der Waals surface area contributed by atoms with Gasteiger partial charge in [-0.25, -0.2) is 18.4 Å². The number of hydrogen-bond acceptors (Lipinski definition) is 6. The smallest absolute Gasteiger partial charge is 0.263 e. The predicted octanol–water partition coefficient (Wildman–Crippen LogP) is 2.50. The summed E-state index contributed by atoms with van der Waals surface area (Å²) in [6.45, 7) is 2.02. The molecule has 0 spiro atoms. The Labute approximate surface area is 180 Å². The van der Waals surface area contributed by atoms with E-state index in [0.29, 0.717) is 23.5 Å². The van der Waals surface area contributed by atoms with Gasteiger partial charge in [0.05, 0.1) is 16.8 Å². The molecule has 9 nitrogen and oxygen atoms in total. The predicted molar refractivity (Wildman–Crippen MR) is 117 cm³/mol. The number of amidine groups is 1. The number of sulfonamides is 1. The lowest BCUT2D eigenvalue weighted by molar-refractivity contribution is -0.117. The van der Waals surface area contributed by atoms with Crippen LogP contribution in [0.4, 0.5) is 5.69 Å². The molecule has 1 atom stereocenters. The number of rotatable bonds is 7. The highest BCUT2D eigenvalue weighted by Crippen LogP contribution is 2.23. The quantitative estimate of drug-likeness (QED) is 0.588. The number of nitrogens with zero attached hydrogens (tertiary/aromatic N) is 4. The van der Waals surface area contributed by atoms with E-state index < -0.39 is 16.1 Å². The van der Waals surface area contributed by atoms with Gasteiger partial charge in [0.1, 0.15) is 24.0 Å². The fourth-order valence-electron chi connectivity index (χ4n) is 3.27. The zero-order chi connectivity index (χ0) is 21.8. The Bertz CT molecular complexity index is 1200. The molecule has 31 heavy (non-hydrogen) atoms. The normalized spacial score (nSPS) is 16.5. The monoisotopic (exact) mass is 438 g/mol. The molecule has 0 bridgehead atoms. The molecule has 2 N–H and O–H groups in total. The molecule has 1 aliphatic heterocycles. The highest BCUT2D eigenvalue weighted by molar-refractivity contribution is 7.90. The van der Waals surface area contributed by atoms with Gasteiger partial charge in [-0.3, -0.25) is 19.1 Å². The van der Waals surface area contributed by atoms with Crippen molar-refractivity contribution in [2.45, 2.75) is 37.1 Å². The van der Waals surface area contributed by atoms with E-state index in [1.165, 1.54) is 6.07 Å². The van der Waals surface area contributed by atoms with E-state index >= 15 is 0 Å². The molecule has 160 valence electrons. The zero-order valence-corrected chi connectivity index (χ0v) is 17.7. The molecule has 1 aromatic carbocycles. The van der Waals surface area contributed by atoms with Crippen LogP contribution in [0.15, 0.2) is 71.2 Å². The number of imidazole rings is 1. The van der Waals surface area contributed by atoms with Crippen LogP contribution in [0.25, 0.3) is 5.82 Å². The van der Waals surface area contributed by atoms with Gasteiger partial charge < -0.3 is 5.32 Å². The van der Waals surface area contributed by atoms with Crippen LogP contribution >= 0.6 is 0 Å². The van der Waals surface area contributed by atoms with Gasteiger partial charge in [0.25, 0.3) is 10.0 Å². The van der Waals surface area contributed by atoms with Crippen molar-refractivity contribution in [2.24, 2.45) is 4.99 Å². The highest BCUT2D eigenvalue weighted by atomic mass is 32.2. The van der Waals surface area contributed by atoms with E-state index in [2.05, 4.69) is 25.0 Å². The second-order valence-electron chi connectivity index (χ2n) is 7.10. The first-order valence-electron chi connectivity index (χ1n) is 9.93. The van der Waals surface area contributed by atoms with Crippen molar-refractivity contribution in [3.05, 3.63) is 66.9 Å². The number of aromatic nitrogens is 3. The summed E-state index contributed by atoms with van der Waals surface area (Å²) in [5.74, 6) is 0.553. The number of amides is 1. The lowest BCUT2D eigenvalue weighted by Gasteiger charge is -2.14. The van der Waals surface area contributed by atoms with Gasteiger partial charge in [-0.1, -0.05) is 31.9 Å². The SMILES string of the molecule is CCCCC(N=C1NS(=O)(=O)c2ccccc21)C(=O)Nc1ccc(-n2ccnc2)nc1. The Balaban J connectivity index is 1.55. The first kappa shape index (κ1) is 20.7. The molecular formula is C21H22N6O3S. The third kappa shape index (κ3) is 4.48. The maximum atomic E-state index is 13.0. The van der Waals surface area contributed by atoms with Crippen molar-refractivity contribution in [1.82, 2.24) is 19.3 Å². The molecule has 1 unspecified atom stereocenters. The Morgan fingerprint density at radius 1 is 1.26 bits per heavy atom. The van der Waals surface area contributed by atoms with E-state index in [9.17, 15) is 13.2 Å². The number of aliphatic imine (C=N–C) groups is 1. The largest absolute Gasteiger partial charge is 0.323 e. The summed E-state index contributed by atoms with van der Waals surface area (Å²) in [5, 5.41) is 2.83. The third-order valence-electron chi connectivity index (χ3n) is 4.87. The van der Waals surface area contributed by atoms with Crippen molar-refractivity contribution in [3.63, 3.8) is 0 Å². The Morgan fingerprint density at radius 2 is 2.10 bits per heavy atom. The minimum atomic E-state index is -3.66. The lowest BCUT2D eigenvalue weighted by atomic mass is 10.1. The molecular weight excluding hydrogens is 416 g/mol. The Morgan fingerprint density at radius 3 is 2.81 bits per heavy atom. The molecule has 4 rings (SSSR count). The number of benzene rings is 1. The first-order chi connectivity index (χ1) is 15.0. The molecule has 1 aliphatic rings. The maximum Gasteiger partial charge on any atom is 0.263 e. The van der Waals surface area contributed by atoms with E-state index in [0.717, 1.165) is 12.8 Å². The topological polar surface area (TPSA) is 118 Å². The molecule has 0 saturated carbocycles. The van der Waals surface area contributed by atoms with E-state index in [1.54, 1.807) is 59.8 Å². The van der Waals surface area contributed by atoms with Crippen LogP contribution in [-0.2, 0) is 14.8 Å². The van der Waals surface area contributed by atoms with Crippen LogP contribution in [0.1, 0.15) is 31.7 Å². The van der Waals surface area contributed by atoms with Gasteiger partial charge in [0, 0.05) is 18.0 Å². The Hall–Kier alpha value is -3.53. The summed E-state index contributed by atoms with van der Waals surface area (Å²) in [7, 11) is -3.66. The standard InChI is InChI=1S/C21H22N6O3S/c1-2-3-7-17(25-20-16-6-4-5-8-18(16)31(29,30)26-20)21(28)24-15-9-10-19(23-13-15)27-12-11-22-14-27/h4-6,8-14,17H,2-3,7H2,1H3,(H,24,28)(H,25,26). The fourth-order valence-corrected chi connectivity index (χ4v) is 4.51. The van der Waals surface area contributed by atoms with Crippen molar-refractivity contribution in [2.75, 3.05) is 5.32 Å². The summed E-state index contributed by atoms with van der Waals surface area (Å²) in [4.78, 5) is 25.9. The summed E-state index contributed by atoms with van der Waals surface area (Å²) >= 11 is 0. The molecule has 3 aromatic rings. The van der Waals surface area contributed by atoms with Crippen molar-refractivity contribution in [1.29, 1.82) is 0 Å². The highest BCUT2D eigenvalue weighted by Gasteiger charge is 2.31. The average molecular weight is 439 g/mol. The molecule has 0 radical (unpaired) electrons. The summed E-state index contributed by atoms with van der Waals surface area (Å²) < 4.78 is 28.9. The second kappa shape index (κ2) is 8.68. The zero-order valence-electron chi connectivity index (χ0n) is 16.9. The van der Waals surface area contributed by atoms with Crippen LogP contribution < -0.4 is 10.0 Å². The second-order valence-corrected chi connectivity index (χ2v) is 8.75. The average Bonchev–Trinajstić information content (AvgIpc) is 3.39. The van der Waals surface area contributed by atoms with Crippen LogP contribution in [0.2, 0.25) is 0 Å². The van der Waals surface area contributed by atoms with Crippen LogP contribution in [-0.4, -0.2) is 40.7 Å². The maximum absolute atomic E-state index is 13.0. The van der Waals surface area contributed by atoms with Crippen LogP contribution in [0, 0.1) is 0 Å². The molecule has 0 fully saturated rings. The van der Waals surface area contributed by atoms with Gasteiger partial charge in [0.15, 0.2) is 0 Å². The van der Waals surface area contributed by atoms with E-state index in [-0.39, 0.29) is 16.6 Å². The fraction of sp³-hybridized carbons (Fsp3) is 0.238. The first-order valence-corrected chi connectivity index (χ1v) is 11.4. The van der Waals surface area contributed by atoms with E-state index in [1.807, 2.05) is 6.92 Å². The summed E-state index contributed by atoms with van der Waals surface area (Å²) in [6, 6.07) is 9.38. The van der Waals surface area contributed by atoms with Gasteiger partial charge in [0.2, 0.25) is 5.91 Å². The van der Waals surface area contributed by atoms with Gasteiger partial charge in [-0.15, -0.1) is 0 Å². The summed E-state index contributed by atoms with van der Waals surface area (Å²) in [5.41, 5.74) is 1.01. The van der Waals surface area contributed by atoms with Gasteiger partial charge >= 0.3 is 0 Å². The van der Waals surface area contributed by atoms with Crippen molar-refractivity contribution in [3.8, 4) is 5.82 Å². The Kier molecular flexibility index (Phi) is 5.81. The third-order valence-corrected chi connectivity index (χ3v) is 6.26. The number of anilines is 1. The molecule has 1 amide bonds. The number of pyridine rings is 1. The number of hydrogen-bond donors (Lipinski definition) is 2. The van der Waals surface area contributed by atoms with E-state index in [4.69, 9.17) is 0 Å². The molecule has 10 heteroatoms. The number of nitrogens with one attached hydrogen (secondary N) is 2. The van der Waals surface area contributed by atoms with Crippen LogP contribution in [0.5, 0.6) is 0 Å². The molecule has 0 aliphatic carbocycles. The number of fused-ring (bicyclic) bond motifs is 1. The minimum Gasteiger partial charge on any atom is -0.323 e. The number of unbranched alkanes of at least 4 members (excludes halogenated alkanes) is 1. The molecule has 2 aromatic heterocycles. The lowest BCUT2D eigenvalue weighted by Crippen LogP contribution is -2.30. The van der Waals surface area contributed by atoms with Gasteiger partial charge in [-0.2, -0.15) is 0 Å². The van der Waals surface area contributed by atoms with Crippen molar-refractivity contribution < 1.29 is 13.2 Å². The van der Waals surface area contributed by atoms with Gasteiger partial charge in [-0.05, 0) is 30.7 Å². The number of carbonyl (C=O) groups is 1. The number of carbonyl (C=O) groups excluding carboxylic acids is 1. The molecule has 0 saturated heterocycles. The minimum absolute atomic E-state index is 0.169. The molecule has 3 heterocycles.